The van der Waals surface area contributed by atoms with Crippen LogP contribution in [0.4, 0.5) is 4.39 Å². The Kier molecular flexibility index (Phi) is 6.51. The van der Waals surface area contributed by atoms with Crippen LogP contribution in [-0.4, -0.2) is 25.5 Å². The second-order valence-electron chi connectivity index (χ2n) is 5.56. The first-order valence-corrected chi connectivity index (χ1v) is 7.97. The summed E-state index contributed by atoms with van der Waals surface area (Å²) in [5.41, 5.74) is 1.19. The highest BCUT2D eigenvalue weighted by Gasteiger charge is 2.12. The second-order valence-corrected chi connectivity index (χ2v) is 5.56. The van der Waals surface area contributed by atoms with Gasteiger partial charge in [-0.2, -0.15) is 0 Å². The Morgan fingerprint density at radius 3 is 2.52 bits per heavy atom. The third-order valence-electron chi connectivity index (χ3n) is 3.73. The fourth-order valence-corrected chi connectivity index (χ4v) is 2.33. The van der Waals surface area contributed by atoms with Gasteiger partial charge in [-0.15, -0.1) is 0 Å². The molecule has 2 rings (SSSR count). The monoisotopic (exact) mass is 344 g/mol. The quantitative estimate of drug-likeness (QED) is 0.812. The van der Waals surface area contributed by atoms with Crippen LogP contribution in [0.25, 0.3) is 0 Å². The number of amides is 2. The summed E-state index contributed by atoms with van der Waals surface area (Å²) in [6, 6.07) is 13.0. The van der Waals surface area contributed by atoms with E-state index in [0.717, 1.165) is 0 Å². The van der Waals surface area contributed by atoms with Crippen molar-refractivity contribution >= 4 is 11.8 Å². The molecule has 25 heavy (non-hydrogen) atoms. The number of rotatable bonds is 7. The number of ether oxygens (including phenoxy) is 1. The van der Waals surface area contributed by atoms with Crippen LogP contribution >= 0.6 is 0 Å². The molecule has 2 aromatic rings. The van der Waals surface area contributed by atoms with E-state index in [1.165, 1.54) is 19.2 Å². The number of carbonyl (C=O) groups is 2. The van der Waals surface area contributed by atoms with Crippen LogP contribution < -0.4 is 15.4 Å². The molecule has 0 aliphatic carbocycles. The zero-order valence-electron chi connectivity index (χ0n) is 14.2. The maximum Gasteiger partial charge on any atom is 0.251 e. The molecule has 132 valence electrons. The molecule has 5 nitrogen and oxygen atoms in total. The molecule has 0 spiro atoms. The molecule has 1 atom stereocenters. The zero-order valence-corrected chi connectivity index (χ0v) is 14.2. The highest BCUT2D eigenvalue weighted by molar-refractivity contribution is 5.94. The van der Waals surface area contributed by atoms with E-state index >= 15 is 0 Å². The Morgan fingerprint density at radius 1 is 1.16 bits per heavy atom. The van der Waals surface area contributed by atoms with Gasteiger partial charge in [0.15, 0.2) is 11.6 Å². The lowest BCUT2D eigenvalue weighted by Crippen LogP contribution is -2.32. The number of carbonyl (C=O) groups excluding carboxylic acids is 2. The molecule has 0 aliphatic heterocycles. The lowest BCUT2D eigenvalue weighted by Gasteiger charge is -2.15. The van der Waals surface area contributed by atoms with Gasteiger partial charge in [0.2, 0.25) is 5.91 Å². The van der Waals surface area contributed by atoms with Crippen molar-refractivity contribution in [1.82, 2.24) is 10.6 Å². The highest BCUT2D eigenvalue weighted by atomic mass is 19.1. The van der Waals surface area contributed by atoms with Crippen molar-refractivity contribution < 1.29 is 18.7 Å². The summed E-state index contributed by atoms with van der Waals surface area (Å²) >= 11 is 0. The molecule has 2 aromatic carbocycles. The molecule has 0 bridgehead atoms. The van der Waals surface area contributed by atoms with E-state index in [1.807, 2.05) is 6.07 Å². The summed E-state index contributed by atoms with van der Waals surface area (Å²) < 4.78 is 18.6. The molecule has 6 heteroatoms. The van der Waals surface area contributed by atoms with E-state index in [9.17, 15) is 14.0 Å². The van der Waals surface area contributed by atoms with Crippen LogP contribution in [0.5, 0.6) is 5.75 Å². The van der Waals surface area contributed by atoms with Gasteiger partial charge in [-0.25, -0.2) is 4.39 Å². The molecule has 2 amide bonds. The Morgan fingerprint density at radius 2 is 1.88 bits per heavy atom. The van der Waals surface area contributed by atoms with Crippen molar-refractivity contribution in [3.8, 4) is 5.75 Å². The molecule has 0 heterocycles. The first-order chi connectivity index (χ1) is 12.0. The summed E-state index contributed by atoms with van der Waals surface area (Å²) in [7, 11) is 1.40. The number of halogens is 1. The minimum absolute atomic E-state index is 0.140. The van der Waals surface area contributed by atoms with Crippen LogP contribution in [0.2, 0.25) is 0 Å². The molecule has 0 aromatic heterocycles. The molecule has 0 fully saturated rings. The third-order valence-corrected chi connectivity index (χ3v) is 3.73. The lowest BCUT2D eigenvalue weighted by atomic mass is 10.1. The summed E-state index contributed by atoms with van der Waals surface area (Å²) in [5, 5.41) is 5.47. The molecule has 1 unspecified atom stereocenters. The van der Waals surface area contributed by atoms with Gasteiger partial charge in [0.1, 0.15) is 0 Å². The summed E-state index contributed by atoms with van der Waals surface area (Å²) in [6.07, 6.45) is 0.140. The van der Waals surface area contributed by atoms with E-state index in [0.29, 0.717) is 11.1 Å². The standard InChI is InChI=1S/C19H21FN2O3/c1-13(15-8-9-17(25-2)16(20)12-15)22-18(23)10-11-21-19(24)14-6-4-3-5-7-14/h3-9,12-13H,10-11H2,1-2H3,(H,21,24)(H,22,23). The molecule has 0 saturated heterocycles. The Labute approximate surface area is 146 Å². The number of methoxy groups -OCH3 is 1. The first-order valence-electron chi connectivity index (χ1n) is 7.97. The van der Waals surface area contributed by atoms with Gasteiger partial charge in [-0.3, -0.25) is 9.59 Å². The maximum absolute atomic E-state index is 13.7. The van der Waals surface area contributed by atoms with Crippen molar-refractivity contribution in [3.05, 3.63) is 65.5 Å². The van der Waals surface area contributed by atoms with Crippen LogP contribution in [0.15, 0.2) is 48.5 Å². The van der Waals surface area contributed by atoms with E-state index in [-0.39, 0.29) is 36.6 Å². The molecule has 0 saturated carbocycles. The lowest BCUT2D eigenvalue weighted by molar-refractivity contribution is -0.121. The van der Waals surface area contributed by atoms with Gasteiger partial charge in [-0.1, -0.05) is 24.3 Å². The van der Waals surface area contributed by atoms with Gasteiger partial charge in [0, 0.05) is 18.5 Å². The minimum atomic E-state index is -0.476. The van der Waals surface area contributed by atoms with Crippen molar-refractivity contribution in [1.29, 1.82) is 0 Å². The van der Waals surface area contributed by atoms with Crippen molar-refractivity contribution in [2.75, 3.05) is 13.7 Å². The van der Waals surface area contributed by atoms with Crippen LogP contribution in [0, 0.1) is 5.82 Å². The van der Waals surface area contributed by atoms with Gasteiger partial charge in [0.05, 0.1) is 13.2 Å². The Hall–Kier alpha value is -2.89. The zero-order chi connectivity index (χ0) is 18.2. The SMILES string of the molecule is COc1ccc(C(C)NC(=O)CCNC(=O)c2ccccc2)cc1F. The fraction of sp³-hybridized carbons (Fsp3) is 0.263. The van der Waals surface area contributed by atoms with Gasteiger partial charge < -0.3 is 15.4 Å². The van der Waals surface area contributed by atoms with Gasteiger partial charge in [-0.05, 0) is 36.8 Å². The first kappa shape index (κ1) is 18.4. The molecule has 2 N–H and O–H groups in total. The highest BCUT2D eigenvalue weighted by Crippen LogP contribution is 2.21. The minimum Gasteiger partial charge on any atom is -0.494 e. The second kappa shape index (κ2) is 8.82. The topological polar surface area (TPSA) is 67.4 Å². The van der Waals surface area contributed by atoms with Crippen molar-refractivity contribution in [2.24, 2.45) is 0 Å². The van der Waals surface area contributed by atoms with E-state index in [1.54, 1.807) is 37.3 Å². The maximum atomic E-state index is 13.7. The smallest absolute Gasteiger partial charge is 0.251 e. The number of hydrogen-bond acceptors (Lipinski definition) is 3. The molecular formula is C19H21FN2O3. The van der Waals surface area contributed by atoms with Gasteiger partial charge in [0.25, 0.3) is 5.91 Å². The van der Waals surface area contributed by atoms with E-state index < -0.39 is 5.82 Å². The predicted molar refractivity (Wildman–Crippen MR) is 92.9 cm³/mol. The average Bonchev–Trinajstić information content (AvgIpc) is 2.62. The summed E-state index contributed by atoms with van der Waals surface area (Å²) in [6.45, 7) is 1.99. The average molecular weight is 344 g/mol. The summed E-state index contributed by atoms with van der Waals surface area (Å²) in [4.78, 5) is 23.8. The van der Waals surface area contributed by atoms with Gasteiger partial charge >= 0.3 is 0 Å². The predicted octanol–water partition coefficient (Wildman–Crippen LogP) is 2.83. The van der Waals surface area contributed by atoms with Crippen LogP contribution in [-0.2, 0) is 4.79 Å². The van der Waals surface area contributed by atoms with E-state index in [2.05, 4.69) is 10.6 Å². The summed E-state index contributed by atoms with van der Waals surface area (Å²) in [5.74, 6) is -0.766. The van der Waals surface area contributed by atoms with Crippen molar-refractivity contribution in [2.45, 2.75) is 19.4 Å². The Balaban J connectivity index is 1.80. The molecule has 0 radical (unpaired) electrons. The van der Waals surface area contributed by atoms with Crippen molar-refractivity contribution in [3.63, 3.8) is 0 Å². The van der Waals surface area contributed by atoms with Crippen LogP contribution in [0.1, 0.15) is 35.3 Å². The third kappa shape index (κ3) is 5.31. The normalized spacial score (nSPS) is 11.5. The van der Waals surface area contributed by atoms with Crippen LogP contribution in [0.3, 0.4) is 0 Å². The fourth-order valence-electron chi connectivity index (χ4n) is 2.33. The molecule has 0 aliphatic rings. The van der Waals surface area contributed by atoms with E-state index in [4.69, 9.17) is 4.74 Å². The molecular weight excluding hydrogens is 323 g/mol. The largest absolute Gasteiger partial charge is 0.494 e. The number of nitrogens with one attached hydrogen (secondary N) is 2. The number of benzene rings is 2. The number of hydrogen-bond donors (Lipinski definition) is 2. The Bertz CT molecular complexity index is 735.